The largest absolute Gasteiger partial charge is 2.00 e. The van der Waals surface area contributed by atoms with Crippen LogP contribution in [-0.4, -0.2) is 62.0 Å². The zero-order valence-corrected chi connectivity index (χ0v) is 10.9. The number of halogens is 2. The molecular weight excluding hydrogens is 238 g/mol. The maximum Gasteiger partial charge on any atom is 2.00 e. The van der Waals surface area contributed by atoms with Crippen LogP contribution in [0.25, 0.3) is 0 Å². The summed E-state index contributed by atoms with van der Waals surface area (Å²) in [5.74, 6) is -3.25. The quantitative estimate of drug-likeness (QED) is 0.574. The van der Waals surface area contributed by atoms with E-state index in [4.69, 9.17) is 0 Å². The van der Waals surface area contributed by atoms with Gasteiger partial charge in [-0.05, 0) is 12.8 Å². The Morgan fingerprint density at radius 3 is 1.20 bits per heavy atom. The first-order valence-electron chi connectivity index (χ1n) is 4.06. The second-order valence-corrected chi connectivity index (χ2v) is 2.39. The van der Waals surface area contributed by atoms with Crippen molar-refractivity contribution in [2.45, 2.75) is 39.0 Å². The molecule has 0 heterocycles. The van der Waals surface area contributed by atoms with Crippen molar-refractivity contribution in [1.29, 1.82) is 0 Å². The molecule has 84 valence electrons. The van der Waals surface area contributed by atoms with Crippen LogP contribution in [0.5, 0.6) is 0 Å². The molecule has 7 heteroatoms. The van der Waals surface area contributed by atoms with Gasteiger partial charge in [-0.25, -0.2) is 8.78 Å². The Kier molecular flexibility index (Phi) is 16.6. The van der Waals surface area contributed by atoms with Gasteiger partial charge in [0.1, 0.15) is 12.3 Å². The monoisotopic (exact) mass is 250 g/mol. The average Bonchev–Trinajstić information content (AvgIpc) is 2.15. The zero-order valence-electron chi connectivity index (χ0n) is 8.66. The molecule has 0 N–H and O–H groups in total. The fourth-order valence-corrected chi connectivity index (χ4v) is 0.333. The molecule has 0 rings (SSSR count). The first-order chi connectivity index (χ1) is 6.36. The molecule has 0 spiro atoms. The Hall–Kier alpha value is 0.0597. The van der Waals surface area contributed by atoms with Crippen LogP contribution in [0.4, 0.5) is 8.78 Å². The predicted octanol–water partition coefficient (Wildman–Crippen LogP) is -1.41. The van der Waals surface area contributed by atoms with Crippen LogP contribution in [0.2, 0.25) is 0 Å². The minimum Gasteiger partial charge on any atom is -0.547 e. The summed E-state index contributed by atoms with van der Waals surface area (Å²) in [5.41, 5.74) is 0. The predicted molar refractivity (Wildman–Crippen MR) is 46.1 cm³/mol. The van der Waals surface area contributed by atoms with Gasteiger partial charge in [0.2, 0.25) is 0 Å². The summed E-state index contributed by atoms with van der Waals surface area (Å²) >= 11 is 0. The van der Waals surface area contributed by atoms with Crippen molar-refractivity contribution in [1.82, 2.24) is 0 Å². The van der Waals surface area contributed by atoms with Crippen LogP contribution < -0.4 is 10.2 Å². The first kappa shape index (κ1) is 20.5. The molecule has 0 aliphatic rings. The van der Waals surface area contributed by atoms with E-state index in [0.717, 1.165) is 0 Å². The maximum atomic E-state index is 11.6. The van der Waals surface area contributed by atoms with E-state index in [1.165, 1.54) is 13.8 Å². The average molecular weight is 250 g/mol. The molecule has 4 nitrogen and oxygen atoms in total. The van der Waals surface area contributed by atoms with Crippen molar-refractivity contribution >= 4 is 49.7 Å². The number of alkyl halides is 2. The fraction of sp³-hybridized carbons (Fsp3) is 0.750. The smallest absolute Gasteiger partial charge is 0.547 e. The minimum absolute atomic E-state index is 0. The van der Waals surface area contributed by atoms with Gasteiger partial charge in [-0.15, -0.1) is 0 Å². The Morgan fingerprint density at radius 2 is 1.20 bits per heavy atom. The summed E-state index contributed by atoms with van der Waals surface area (Å²) in [5, 5.41) is 18.9. The number of hydrogen-bond acceptors (Lipinski definition) is 4. The second kappa shape index (κ2) is 12.1. The molecule has 0 aromatic carbocycles. The van der Waals surface area contributed by atoms with Gasteiger partial charge in [-0.2, -0.15) is 0 Å². The summed E-state index contributed by atoms with van der Waals surface area (Å²) in [6.07, 6.45) is -3.61. The standard InChI is InChI=1S/2C4H7FO2.Ca/c2*1-2-3(5)4(6)7;/h2*3H,2H2,1H3,(H,6,7);/q;;+2/p-2. The number of hydrogen-bond donors (Lipinski definition) is 0. The van der Waals surface area contributed by atoms with E-state index in [-0.39, 0.29) is 50.6 Å². The maximum absolute atomic E-state index is 11.6. The van der Waals surface area contributed by atoms with Crippen molar-refractivity contribution in [3.8, 4) is 0 Å². The molecule has 0 saturated carbocycles. The van der Waals surface area contributed by atoms with Crippen molar-refractivity contribution in [2.24, 2.45) is 0 Å². The molecule has 0 aliphatic heterocycles. The minimum atomic E-state index is -1.79. The Morgan fingerprint density at radius 1 is 1.00 bits per heavy atom. The first-order valence-corrected chi connectivity index (χ1v) is 4.06. The van der Waals surface area contributed by atoms with E-state index in [1.807, 2.05) is 0 Å². The molecule has 2 unspecified atom stereocenters. The second-order valence-electron chi connectivity index (χ2n) is 2.39. The van der Waals surface area contributed by atoms with E-state index in [0.29, 0.717) is 0 Å². The van der Waals surface area contributed by atoms with E-state index < -0.39 is 24.3 Å². The molecule has 0 bridgehead atoms. The van der Waals surface area contributed by atoms with Crippen LogP contribution in [0, 0.1) is 0 Å². The summed E-state index contributed by atoms with van der Waals surface area (Å²) in [4.78, 5) is 18.9. The molecule has 0 aromatic heterocycles. The Balaban J connectivity index is -0.000000180. The molecule has 0 fully saturated rings. The van der Waals surface area contributed by atoms with Gasteiger partial charge in [0.25, 0.3) is 0 Å². The van der Waals surface area contributed by atoms with E-state index in [1.54, 1.807) is 0 Å². The summed E-state index contributed by atoms with van der Waals surface area (Å²) in [6.45, 7) is 2.89. The van der Waals surface area contributed by atoms with Crippen LogP contribution in [-0.2, 0) is 9.59 Å². The normalized spacial score (nSPS) is 12.5. The van der Waals surface area contributed by atoms with Crippen molar-refractivity contribution in [2.75, 3.05) is 0 Å². The number of carboxylic acids is 2. The summed E-state index contributed by atoms with van der Waals surface area (Å²) in [6, 6.07) is 0. The fourth-order valence-electron chi connectivity index (χ4n) is 0.333. The number of rotatable bonds is 4. The number of aliphatic carboxylic acids is 2. The number of carbonyl (C=O) groups is 2. The van der Waals surface area contributed by atoms with E-state index >= 15 is 0 Å². The third kappa shape index (κ3) is 14.1. The molecular formula is C8H12CaF2O4. The van der Waals surface area contributed by atoms with E-state index in [9.17, 15) is 28.6 Å². The molecule has 0 aliphatic carbocycles. The van der Waals surface area contributed by atoms with Crippen LogP contribution >= 0.6 is 0 Å². The third-order valence-corrected chi connectivity index (χ3v) is 1.23. The summed E-state index contributed by atoms with van der Waals surface area (Å²) in [7, 11) is 0. The molecule has 0 amide bonds. The summed E-state index contributed by atoms with van der Waals surface area (Å²) < 4.78 is 23.2. The number of carbonyl (C=O) groups excluding carboxylic acids is 2. The van der Waals surface area contributed by atoms with Crippen LogP contribution in [0.3, 0.4) is 0 Å². The van der Waals surface area contributed by atoms with Crippen LogP contribution in [0.1, 0.15) is 26.7 Å². The molecule has 0 saturated heterocycles. The molecule has 0 radical (unpaired) electrons. The van der Waals surface area contributed by atoms with Gasteiger partial charge in [-0.3, -0.25) is 0 Å². The van der Waals surface area contributed by atoms with Gasteiger partial charge in [0.15, 0.2) is 0 Å². The Bertz CT molecular complexity index is 169. The van der Waals surface area contributed by atoms with Gasteiger partial charge >= 0.3 is 37.7 Å². The Labute approximate surface area is 117 Å². The third-order valence-electron chi connectivity index (χ3n) is 1.23. The van der Waals surface area contributed by atoms with Gasteiger partial charge < -0.3 is 19.8 Å². The van der Waals surface area contributed by atoms with Gasteiger partial charge in [0, 0.05) is 0 Å². The molecule has 15 heavy (non-hydrogen) atoms. The zero-order chi connectivity index (χ0) is 11.7. The molecule has 2 atom stereocenters. The van der Waals surface area contributed by atoms with Crippen molar-refractivity contribution in [3.63, 3.8) is 0 Å². The van der Waals surface area contributed by atoms with Gasteiger partial charge in [0.05, 0.1) is 11.9 Å². The molecule has 0 aromatic rings. The number of carboxylic acid groups (broad SMARTS) is 2. The van der Waals surface area contributed by atoms with Crippen LogP contribution in [0.15, 0.2) is 0 Å². The van der Waals surface area contributed by atoms with E-state index in [2.05, 4.69) is 0 Å². The van der Waals surface area contributed by atoms with Crippen molar-refractivity contribution in [3.05, 3.63) is 0 Å². The SMILES string of the molecule is CCC(F)C(=O)[O-].CCC(F)C(=O)[O-].[Ca+2]. The topological polar surface area (TPSA) is 80.3 Å². The van der Waals surface area contributed by atoms with Gasteiger partial charge in [-0.1, -0.05) is 13.8 Å². The van der Waals surface area contributed by atoms with Crippen molar-refractivity contribution < 1.29 is 28.6 Å².